The third-order valence-corrected chi connectivity index (χ3v) is 2.35. The van der Waals surface area contributed by atoms with Gasteiger partial charge in [0.2, 0.25) is 6.79 Å². The number of nitrogen functional groups attached to an aromatic ring is 2. The van der Waals surface area contributed by atoms with Crippen LogP contribution in [0.5, 0.6) is 11.5 Å². The van der Waals surface area contributed by atoms with E-state index in [1.165, 1.54) is 0 Å². The summed E-state index contributed by atoms with van der Waals surface area (Å²) in [5.74, 6) is 1.29. The molecule has 1 heterocycles. The summed E-state index contributed by atoms with van der Waals surface area (Å²) in [6, 6.07) is 1.78. The zero-order valence-electron chi connectivity index (χ0n) is 8.17. The molecule has 0 aliphatic carbocycles. The van der Waals surface area contributed by atoms with Gasteiger partial charge in [0.1, 0.15) is 0 Å². The Bertz CT molecular complexity index is 364. The molecule has 4 N–H and O–H groups in total. The van der Waals surface area contributed by atoms with Crippen molar-refractivity contribution >= 4 is 11.4 Å². The monoisotopic (exact) mass is 194 g/mol. The van der Waals surface area contributed by atoms with Crippen molar-refractivity contribution < 1.29 is 9.47 Å². The van der Waals surface area contributed by atoms with E-state index in [2.05, 4.69) is 6.92 Å². The van der Waals surface area contributed by atoms with Crippen molar-refractivity contribution in [2.75, 3.05) is 18.3 Å². The van der Waals surface area contributed by atoms with E-state index in [0.717, 1.165) is 18.4 Å². The van der Waals surface area contributed by atoms with Gasteiger partial charge in [-0.1, -0.05) is 13.3 Å². The first-order chi connectivity index (χ1) is 6.74. The molecule has 0 unspecified atom stereocenters. The summed E-state index contributed by atoms with van der Waals surface area (Å²) in [5.41, 5.74) is 14.1. The van der Waals surface area contributed by atoms with E-state index in [9.17, 15) is 0 Å². The van der Waals surface area contributed by atoms with Crippen LogP contribution in [0.3, 0.4) is 0 Å². The molecular weight excluding hydrogens is 180 g/mol. The van der Waals surface area contributed by atoms with Crippen molar-refractivity contribution in [1.82, 2.24) is 0 Å². The first-order valence-corrected chi connectivity index (χ1v) is 4.70. The summed E-state index contributed by atoms with van der Waals surface area (Å²) in [4.78, 5) is 0. The predicted molar refractivity (Wildman–Crippen MR) is 55.4 cm³/mol. The largest absolute Gasteiger partial charge is 0.453 e. The first kappa shape index (κ1) is 8.99. The highest BCUT2D eigenvalue weighted by atomic mass is 16.7. The fraction of sp³-hybridized carbons (Fsp3) is 0.400. The maximum atomic E-state index is 5.94. The second kappa shape index (κ2) is 3.29. The van der Waals surface area contributed by atoms with Crippen molar-refractivity contribution in [2.24, 2.45) is 0 Å². The van der Waals surface area contributed by atoms with Gasteiger partial charge in [0.25, 0.3) is 0 Å². The molecule has 0 aromatic heterocycles. The summed E-state index contributed by atoms with van der Waals surface area (Å²) in [7, 11) is 0. The van der Waals surface area contributed by atoms with Gasteiger partial charge in [-0.15, -0.1) is 0 Å². The smallest absolute Gasteiger partial charge is 0.231 e. The summed E-state index contributed by atoms with van der Waals surface area (Å²) < 4.78 is 10.5. The summed E-state index contributed by atoms with van der Waals surface area (Å²) >= 11 is 0. The first-order valence-electron chi connectivity index (χ1n) is 4.70. The summed E-state index contributed by atoms with van der Waals surface area (Å²) in [6.45, 7) is 2.32. The van der Waals surface area contributed by atoms with Crippen LogP contribution in [0.4, 0.5) is 11.4 Å². The zero-order chi connectivity index (χ0) is 10.1. The lowest BCUT2D eigenvalue weighted by atomic mass is 10.0. The molecule has 0 saturated carbocycles. The summed E-state index contributed by atoms with van der Waals surface area (Å²) in [5, 5.41) is 0. The minimum Gasteiger partial charge on any atom is -0.453 e. The highest BCUT2D eigenvalue weighted by molar-refractivity contribution is 5.74. The van der Waals surface area contributed by atoms with Crippen LogP contribution in [-0.4, -0.2) is 6.79 Å². The van der Waals surface area contributed by atoms with E-state index in [1.807, 2.05) is 0 Å². The number of anilines is 2. The molecule has 0 fully saturated rings. The molecule has 1 aliphatic heterocycles. The number of hydrogen-bond acceptors (Lipinski definition) is 4. The van der Waals surface area contributed by atoms with Gasteiger partial charge >= 0.3 is 0 Å². The van der Waals surface area contributed by atoms with Gasteiger partial charge < -0.3 is 20.9 Å². The fourth-order valence-electron chi connectivity index (χ4n) is 1.66. The van der Waals surface area contributed by atoms with Crippen molar-refractivity contribution in [2.45, 2.75) is 19.8 Å². The van der Waals surface area contributed by atoms with E-state index in [0.29, 0.717) is 22.9 Å². The molecule has 0 spiro atoms. The van der Waals surface area contributed by atoms with E-state index < -0.39 is 0 Å². The normalized spacial score (nSPS) is 13.2. The number of rotatable bonds is 2. The van der Waals surface area contributed by atoms with Crippen LogP contribution in [0.2, 0.25) is 0 Å². The SMILES string of the molecule is CCCc1c(N)cc2c(c1N)OCO2. The average Bonchev–Trinajstić information content (AvgIpc) is 2.60. The molecule has 76 valence electrons. The quantitative estimate of drug-likeness (QED) is 0.700. The molecule has 4 nitrogen and oxygen atoms in total. The Morgan fingerprint density at radius 3 is 2.86 bits per heavy atom. The zero-order valence-corrected chi connectivity index (χ0v) is 8.17. The fourth-order valence-corrected chi connectivity index (χ4v) is 1.66. The van der Waals surface area contributed by atoms with Gasteiger partial charge in [-0.3, -0.25) is 0 Å². The van der Waals surface area contributed by atoms with Crippen LogP contribution >= 0.6 is 0 Å². The van der Waals surface area contributed by atoms with E-state index in [1.54, 1.807) is 6.07 Å². The molecule has 0 bridgehead atoms. The maximum Gasteiger partial charge on any atom is 0.231 e. The van der Waals surface area contributed by atoms with E-state index >= 15 is 0 Å². The molecule has 0 atom stereocenters. The molecule has 4 heteroatoms. The number of hydrogen-bond donors (Lipinski definition) is 2. The molecule has 1 aromatic rings. The van der Waals surface area contributed by atoms with Gasteiger partial charge in [-0.2, -0.15) is 0 Å². The van der Waals surface area contributed by atoms with Crippen LogP contribution in [0, 0.1) is 0 Å². The van der Waals surface area contributed by atoms with E-state index in [4.69, 9.17) is 20.9 Å². The molecule has 1 aliphatic rings. The van der Waals surface area contributed by atoms with Gasteiger partial charge in [0, 0.05) is 17.3 Å². The van der Waals surface area contributed by atoms with Gasteiger partial charge in [-0.25, -0.2) is 0 Å². The van der Waals surface area contributed by atoms with Crippen LogP contribution in [-0.2, 0) is 6.42 Å². The second-order valence-electron chi connectivity index (χ2n) is 3.34. The van der Waals surface area contributed by atoms with E-state index in [-0.39, 0.29) is 6.79 Å². The minimum absolute atomic E-state index is 0.231. The Kier molecular flexibility index (Phi) is 2.11. The van der Waals surface area contributed by atoms with Crippen LogP contribution in [0.15, 0.2) is 6.07 Å². The standard InChI is InChI=1S/C10H14N2O2/c1-2-3-6-7(11)4-8-10(9(6)12)14-5-13-8/h4H,2-3,5,11-12H2,1H3. The number of fused-ring (bicyclic) bond motifs is 1. The molecular formula is C10H14N2O2. The minimum atomic E-state index is 0.231. The Balaban J connectivity index is 2.51. The van der Waals surface area contributed by atoms with Crippen molar-refractivity contribution in [1.29, 1.82) is 0 Å². The predicted octanol–water partition coefficient (Wildman–Crippen LogP) is 1.53. The van der Waals surface area contributed by atoms with Crippen molar-refractivity contribution in [3.8, 4) is 11.5 Å². The topological polar surface area (TPSA) is 70.5 Å². The van der Waals surface area contributed by atoms with Crippen molar-refractivity contribution in [3.63, 3.8) is 0 Å². The Hall–Kier alpha value is -1.58. The van der Waals surface area contributed by atoms with Crippen LogP contribution < -0.4 is 20.9 Å². The van der Waals surface area contributed by atoms with Gasteiger partial charge in [0.05, 0.1) is 5.69 Å². The Morgan fingerprint density at radius 1 is 1.36 bits per heavy atom. The Morgan fingerprint density at radius 2 is 2.14 bits per heavy atom. The Labute approximate surface area is 82.8 Å². The van der Waals surface area contributed by atoms with Gasteiger partial charge in [0.15, 0.2) is 11.5 Å². The van der Waals surface area contributed by atoms with Crippen LogP contribution in [0.1, 0.15) is 18.9 Å². The highest BCUT2D eigenvalue weighted by Gasteiger charge is 2.20. The summed E-state index contributed by atoms with van der Waals surface area (Å²) in [6.07, 6.45) is 1.88. The molecule has 1 aromatic carbocycles. The lowest BCUT2D eigenvalue weighted by molar-refractivity contribution is 0.174. The number of benzene rings is 1. The lowest BCUT2D eigenvalue weighted by Crippen LogP contribution is -2.01. The molecule has 14 heavy (non-hydrogen) atoms. The number of ether oxygens (including phenoxy) is 2. The highest BCUT2D eigenvalue weighted by Crippen LogP contribution is 2.42. The van der Waals surface area contributed by atoms with Gasteiger partial charge in [-0.05, 0) is 6.42 Å². The second-order valence-corrected chi connectivity index (χ2v) is 3.34. The molecule has 0 saturated heterocycles. The molecule has 0 radical (unpaired) electrons. The third kappa shape index (κ3) is 1.23. The maximum absolute atomic E-state index is 5.94. The third-order valence-electron chi connectivity index (χ3n) is 2.35. The number of nitrogens with two attached hydrogens (primary N) is 2. The molecule has 2 rings (SSSR count). The van der Waals surface area contributed by atoms with Crippen molar-refractivity contribution in [3.05, 3.63) is 11.6 Å². The molecule has 0 amide bonds. The average molecular weight is 194 g/mol. The lowest BCUT2D eigenvalue weighted by Gasteiger charge is -2.10. The van der Waals surface area contributed by atoms with Crippen LogP contribution in [0.25, 0.3) is 0 Å².